The molecule has 10 heteroatoms. The summed E-state index contributed by atoms with van der Waals surface area (Å²) in [5, 5.41) is 0. The summed E-state index contributed by atoms with van der Waals surface area (Å²) in [5.41, 5.74) is 1.55. The van der Waals surface area contributed by atoms with Crippen molar-refractivity contribution in [1.29, 1.82) is 0 Å². The van der Waals surface area contributed by atoms with E-state index in [-0.39, 0.29) is 16.3 Å². The molecule has 3 rings (SSSR count). The molecular formula is C20H25N3O5S2. The fourth-order valence-electron chi connectivity index (χ4n) is 3.39. The van der Waals surface area contributed by atoms with Crippen LogP contribution in [-0.4, -0.2) is 41.6 Å². The molecule has 1 atom stereocenters. The maximum absolute atomic E-state index is 12.7. The van der Waals surface area contributed by atoms with Gasteiger partial charge < -0.3 is 4.90 Å². The van der Waals surface area contributed by atoms with Crippen molar-refractivity contribution in [3.8, 4) is 0 Å². The average molecular weight is 452 g/mol. The number of hydrogen-bond donors (Lipinski definition) is 1. The number of nitrogens with zero attached hydrogens (tertiary/aromatic N) is 2. The quantitative estimate of drug-likeness (QED) is 0.694. The Hall–Kier alpha value is -2.59. The summed E-state index contributed by atoms with van der Waals surface area (Å²) in [6.07, 6.45) is 0. The highest BCUT2D eigenvalue weighted by Crippen LogP contribution is 2.29. The summed E-state index contributed by atoms with van der Waals surface area (Å²) in [6, 6.07) is 12.3. The van der Waals surface area contributed by atoms with Gasteiger partial charge in [0.2, 0.25) is 15.9 Å². The molecule has 2 aromatic rings. The van der Waals surface area contributed by atoms with Crippen LogP contribution in [0.3, 0.4) is 0 Å². The van der Waals surface area contributed by atoms with Crippen molar-refractivity contribution in [2.45, 2.75) is 25.7 Å². The first kappa shape index (κ1) is 22.1. The summed E-state index contributed by atoms with van der Waals surface area (Å²) >= 11 is 0. The Bertz CT molecular complexity index is 1120. The molecule has 1 saturated heterocycles. The number of amides is 1. The Morgan fingerprint density at radius 3 is 2.07 bits per heavy atom. The Morgan fingerprint density at radius 2 is 1.60 bits per heavy atom. The first-order valence-corrected chi connectivity index (χ1v) is 12.7. The van der Waals surface area contributed by atoms with E-state index in [0.717, 1.165) is 23.1 Å². The van der Waals surface area contributed by atoms with E-state index in [4.69, 9.17) is 0 Å². The highest BCUT2D eigenvalue weighted by atomic mass is 32.2. The molecular weight excluding hydrogens is 426 g/mol. The third-order valence-electron chi connectivity index (χ3n) is 4.99. The third-order valence-corrected chi connectivity index (χ3v) is 8.26. The lowest BCUT2D eigenvalue weighted by atomic mass is 10.2. The molecule has 0 aromatic heterocycles. The molecule has 1 aliphatic heterocycles. The van der Waals surface area contributed by atoms with Crippen molar-refractivity contribution in [2.24, 2.45) is 5.92 Å². The molecule has 1 amide bonds. The number of sulfonamides is 2. The molecule has 0 unspecified atom stereocenters. The summed E-state index contributed by atoms with van der Waals surface area (Å²) in [7, 11) is -7.60. The van der Waals surface area contributed by atoms with Crippen LogP contribution in [0.15, 0.2) is 53.4 Å². The molecule has 1 aliphatic rings. The molecule has 162 valence electrons. The maximum Gasteiger partial charge on any atom is 0.261 e. The van der Waals surface area contributed by atoms with Crippen LogP contribution in [0.2, 0.25) is 0 Å². The predicted molar refractivity (Wildman–Crippen MR) is 118 cm³/mol. The van der Waals surface area contributed by atoms with Gasteiger partial charge in [0.1, 0.15) is 0 Å². The van der Waals surface area contributed by atoms with Gasteiger partial charge in [0.05, 0.1) is 22.3 Å². The second kappa shape index (κ2) is 8.27. The molecule has 0 saturated carbocycles. The summed E-state index contributed by atoms with van der Waals surface area (Å²) in [6.45, 7) is 7.34. The van der Waals surface area contributed by atoms with Gasteiger partial charge in [0.15, 0.2) is 0 Å². The summed E-state index contributed by atoms with van der Waals surface area (Å²) in [5.74, 6) is -1.40. The lowest BCUT2D eigenvalue weighted by molar-refractivity contribution is -0.119. The number of carbonyl (C=O) groups excluding carboxylic acids is 1. The number of rotatable bonds is 7. The van der Waals surface area contributed by atoms with Crippen molar-refractivity contribution < 1.29 is 21.6 Å². The van der Waals surface area contributed by atoms with Gasteiger partial charge in [-0.25, -0.2) is 21.1 Å². The monoisotopic (exact) mass is 451 g/mol. The Morgan fingerprint density at radius 1 is 1.03 bits per heavy atom. The Kier molecular flexibility index (Phi) is 6.09. The van der Waals surface area contributed by atoms with Gasteiger partial charge in [-0.05, 0) is 62.4 Å². The molecule has 8 nitrogen and oxygen atoms in total. The standard InChI is InChI=1S/C20H25N3O5S2/c1-4-22(5-2)17-8-6-16(7-9-17)21-30(27,28)19-12-10-18(11-13-19)23-20(24)15(3)14-29(23,25)26/h6-13,15,21H,4-5,14H2,1-3H3/t15-/m1/s1. The normalized spacial score (nSPS) is 18.4. The molecule has 0 spiro atoms. The molecule has 1 N–H and O–H groups in total. The smallest absolute Gasteiger partial charge is 0.261 e. The maximum atomic E-state index is 12.7. The van der Waals surface area contributed by atoms with Gasteiger partial charge in [0, 0.05) is 24.5 Å². The zero-order chi connectivity index (χ0) is 22.1. The van der Waals surface area contributed by atoms with Crippen molar-refractivity contribution in [2.75, 3.05) is 32.8 Å². The van der Waals surface area contributed by atoms with E-state index < -0.39 is 31.9 Å². The van der Waals surface area contributed by atoms with Crippen molar-refractivity contribution in [3.63, 3.8) is 0 Å². The Balaban J connectivity index is 1.80. The van der Waals surface area contributed by atoms with Gasteiger partial charge in [0.25, 0.3) is 10.0 Å². The lowest BCUT2D eigenvalue weighted by Gasteiger charge is -2.21. The largest absolute Gasteiger partial charge is 0.372 e. The lowest BCUT2D eigenvalue weighted by Crippen LogP contribution is -2.30. The highest BCUT2D eigenvalue weighted by Gasteiger charge is 2.41. The van der Waals surface area contributed by atoms with Crippen LogP contribution in [0.4, 0.5) is 17.1 Å². The Labute approximate surface area is 177 Å². The first-order valence-electron chi connectivity index (χ1n) is 9.63. The summed E-state index contributed by atoms with van der Waals surface area (Å²) in [4.78, 5) is 14.3. The number of benzene rings is 2. The predicted octanol–water partition coefficient (Wildman–Crippen LogP) is 2.65. The third kappa shape index (κ3) is 4.29. The van der Waals surface area contributed by atoms with Crippen LogP contribution < -0.4 is 13.9 Å². The molecule has 2 aromatic carbocycles. The fourth-order valence-corrected chi connectivity index (χ4v) is 6.27. The summed E-state index contributed by atoms with van der Waals surface area (Å²) < 4.78 is 53.0. The number of carbonyl (C=O) groups is 1. The van der Waals surface area contributed by atoms with Crippen LogP contribution in [-0.2, 0) is 24.8 Å². The average Bonchev–Trinajstić information content (AvgIpc) is 2.90. The second-order valence-corrected chi connectivity index (χ2v) is 10.6. The molecule has 30 heavy (non-hydrogen) atoms. The molecule has 0 aliphatic carbocycles. The zero-order valence-electron chi connectivity index (χ0n) is 17.1. The van der Waals surface area contributed by atoms with E-state index in [9.17, 15) is 21.6 Å². The van der Waals surface area contributed by atoms with Gasteiger partial charge >= 0.3 is 0 Å². The van der Waals surface area contributed by atoms with Gasteiger partial charge in [-0.1, -0.05) is 6.92 Å². The van der Waals surface area contributed by atoms with Crippen LogP contribution in [0.5, 0.6) is 0 Å². The minimum atomic E-state index is -3.87. The van der Waals surface area contributed by atoms with Gasteiger partial charge in [-0.3, -0.25) is 9.52 Å². The van der Waals surface area contributed by atoms with Crippen LogP contribution in [0.1, 0.15) is 20.8 Å². The number of anilines is 3. The van der Waals surface area contributed by atoms with Crippen molar-refractivity contribution in [1.82, 2.24) is 0 Å². The topological polar surface area (TPSA) is 104 Å². The van der Waals surface area contributed by atoms with Gasteiger partial charge in [-0.15, -0.1) is 0 Å². The molecule has 0 radical (unpaired) electrons. The van der Waals surface area contributed by atoms with E-state index in [1.165, 1.54) is 24.3 Å². The van der Waals surface area contributed by atoms with Crippen molar-refractivity contribution in [3.05, 3.63) is 48.5 Å². The zero-order valence-corrected chi connectivity index (χ0v) is 18.7. The second-order valence-electron chi connectivity index (χ2n) is 7.10. The number of nitrogens with one attached hydrogen (secondary N) is 1. The van der Waals surface area contributed by atoms with E-state index in [2.05, 4.69) is 9.62 Å². The van der Waals surface area contributed by atoms with Crippen LogP contribution in [0.25, 0.3) is 0 Å². The minimum absolute atomic E-state index is 0.0313. The van der Waals surface area contributed by atoms with E-state index in [1.54, 1.807) is 19.1 Å². The van der Waals surface area contributed by atoms with Crippen molar-refractivity contribution >= 4 is 43.0 Å². The molecule has 0 bridgehead atoms. The number of hydrogen-bond acceptors (Lipinski definition) is 6. The van der Waals surface area contributed by atoms with Crippen LogP contribution in [0, 0.1) is 5.92 Å². The van der Waals surface area contributed by atoms with E-state index in [0.29, 0.717) is 5.69 Å². The molecule has 1 heterocycles. The SMILES string of the molecule is CCN(CC)c1ccc(NS(=O)(=O)c2ccc(N3C(=O)[C@H](C)CS3(=O)=O)cc2)cc1. The van der Waals surface area contributed by atoms with Crippen LogP contribution >= 0.6 is 0 Å². The fraction of sp³-hybridized carbons (Fsp3) is 0.350. The highest BCUT2D eigenvalue weighted by molar-refractivity contribution is 7.94. The minimum Gasteiger partial charge on any atom is -0.372 e. The van der Waals surface area contributed by atoms with E-state index >= 15 is 0 Å². The molecule has 1 fully saturated rings. The van der Waals surface area contributed by atoms with Gasteiger partial charge in [-0.2, -0.15) is 0 Å². The van der Waals surface area contributed by atoms with E-state index in [1.807, 2.05) is 26.0 Å². The first-order chi connectivity index (χ1) is 14.1.